The molecule has 24 heavy (non-hydrogen) atoms. The number of esters is 1. The second-order valence-electron chi connectivity index (χ2n) is 5.93. The Bertz CT molecular complexity index is 649. The first-order chi connectivity index (χ1) is 11.4. The van der Waals surface area contributed by atoms with Gasteiger partial charge in [-0.3, -0.25) is 14.9 Å². The molecule has 1 fully saturated rings. The van der Waals surface area contributed by atoms with E-state index in [2.05, 4.69) is 12.2 Å². The van der Waals surface area contributed by atoms with Gasteiger partial charge in [0.2, 0.25) is 0 Å². The molecule has 1 saturated carbocycles. The van der Waals surface area contributed by atoms with Gasteiger partial charge >= 0.3 is 5.97 Å². The van der Waals surface area contributed by atoms with Gasteiger partial charge in [-0.25, -0.2) is 4.79 Å². The van der Waals surface area contributed by atoms with Crippen LogP contribution in [-0.4, -0.2) is 29.4 Å². The van der Waals surface area contributed by atoms with Gasteiger partial charge in [-0.2, -0.15) is 0 Å². The van der Waals surface area contributed by atoms with Gasteiger partial charge in [0.05, 0.1) is 4.92 Å². The summed E-state index contributed by atoms with van der Waals surface area (Å²) in [6.45, 7) is 1.59. The van der Waals surface area contributed by atoms with Crippen molar-refractivity contribution in [1.29, 1.82) is 0 Å². The number of ether oxygens (including phenoxy) is 1. The van der Waals surface area contributed by atoms with Crippen molar-refractivity contribution in [3.05, 3.63) is 38.9 Å². The van der Waals surface area contributed by atoms with E-state index in [1.807, 2.05) is 0 Å². The molecule has 130 valence electrons. The lowest BCUT2D eigenvalue weighted by Crippen LogP contribution is -2.42. The van der Waals surface area contributed by atoms with Gasteiger partial charge in [0, 0.05) is 17.1 Å². The number of amides is 1. The zero-order chi connectivity index (χ0) is 17.7. The van der Waals surface area contributed by atoms with Crippen LogP contribution in [0.4, 0.5) is 5.69 Å². The molecule has 2 rings (SSSR count). The maximum atomic E-state index is 12.0. The number of nitro groups is 1. The minimum Gasteiger partial charge on any atom is -0.452 e. The molecule has 0 aliphatic heterocycles. The van der Waals surface area contributed by atoms with E-state index in [1.165, 1.54) is 6.07 Å². The van der Waals surface area contributed by atoms with Gasteiger partial charge < -0.3 is 10.1 Å². The number of benzene rings is 1. The third kappa shape index (κ3) is 4.67. The summed E-state index contributed by atoms with van der Waals surface area (Å²) in [5.41, 5.74) is -0.683. The molecule has 1 amide bonds. The number of nitrogens with zero attached hydrogens (tertiary/aromatic N) is 1. The summed E-state index contributed by atoms with van der Waals surface area (Å²) in [7, 11) is 0. The summed E-state index contributed by atoms with van der Waals surface area (Å²) >= 11 is 5.76. The Balaban J connectivity index is 1.94. The lowest BCUT2D eigenvalue weighted by Gasteiger charge is -2.29. The van der Waals surface area contributed by atoms with Crippen LogP contribution < -0.4 is 5.32 Å². The van der Waals surface area contributed by atoms with Crippen LogP contribution in [0.2, 0.25) is 5.02 Å². The van der Waals surface area contributed by atoms with E-state index in [0.29, 0.717) is 5.92 Å². The van der Waals surface area contributed by atoms with Crippen LogP contribution >= 0.6 is 11.6 Å². The van der Waals surface area contributed by atoms with E-state index in [9.17, 15) is 19.7 Å². The second kappa shape index (κ2) is 8.10. The monoisotopic (exact) mass is 354 g/mol. The molecule has 0 spiro atoms. The Morgan fingerprint density at radius 3 is 2.75 bits per heavy atom. The van der Waals surface area contributed by atoms with E-state index >= 15 is 0 Å². The third-order valence-corrected chi connectivity index (χ3v) is 4.40. The fourth-order valence-corrected chi connectivity index (χ4v) is 2.99. The van der Waals surface area contributed by atoms with Crippen molar-refractivity contribution in [2.75, 3.05) is 6.61 Å². The summed E-state index contributed by atoms with van der Waals surface area (Å²) in [4.78, 5) is 34.2. The normalized spacial score (nSPS) is 20.2. The quantitative estimate of drug-likeness (QED) is 0.497. The summed E-state index contributed by atoms with van der Waals surface area (Å²) in [5.74, 6) is -0.977. The molecule has 1 N–H and O–H groups in total. The van der Waals surface area contributed by atoms with Gasteiger partial charge in [0.15, 0.2) is 6.61 Å². The molecule has 1 aromatic rings. The van der Waals surface area contributed by atoms with E-state index in [1.54, 1.807) is 0 Å². The standard InChI is InChI=1S/C16H19ClN2O5/c1-10-4-2-3-5-13(10)18-15(20)9-24-16(21)12-8-11(17)6-7-14(12)19(22)23/h6-8,10,13H,2-5,9H2,1H3,(H,18,20)/t10-,13-/m0/s1. The average Bonchev–Trinajstić information content (AvgIpc) is 2.54. The van der Waals surface area contributed by atoms with Crippen LogP contribution in [0, 0.1) is 16.0 Å². The van der Waals surface area contributed by atoms with E-state index in [0.717, 1.165) is 37.8 Å². The third-order valence-electron chi connectivity index (χ3n) is 4.17. The molecule has 1 aliphatic rings. The van der Waals surface area contributed by atoms with Gasteiger partial charge in [-0.05, 0) is 30.9 Å². The highest BCUT2D eigenvalue weighted by molar-refractivity contribution is 6.31. The van der Waals surface area contributed by atoms with Crippen LogP contribution in [0.15, 0.2) is 18.2 Å². The van der Waals surface area contributed by atoms with Crippen molar-refractivity contribution in [3.8, 4) is 0 Å². The summed E-state index contributed by atoms with van der Waals surface area (Å²) in [6, 6.07) is 3.67. The molecule has 0 unspecified atom stereocenters. The zero-order valence-corrected chi connectivity index (χ0v) is 14.0. The van der Waals surface area contributed by atoms with E-state index in [4.69, 9.17) is 16.3 Å². The number of nitro benzene ring substituents is 1. The Morgan fingerprint density at radius 2 is 2.08 bits per heavy atom. The highest BCUT2D eigenvalue weighted by Crippen LogP contribution is 2.24. The summed E-state index contributed by atoms with van der Waals surface area (Å²) in [6.07, 6.45) is 4.17. The molecule has 0 saturated heterocycles. The maximum Gasteiger partial charge on any atom is 0.345 e. The van der Waals surface area contributed by atoms with Gasteiger partial charge in [0.1, 0.15) is 5.56 Å². The molecule has 0 aromatic heterocycles. The first-order valence-electron chi connectivity index (χ1n) is 7.79. The molecule has 0 bridgehead atoms. The van der Waals surface area contributed by atoms with Crippen LogP contribution in [0.1, 0.15) is 43.0 Å². The number of nitrogens with one attached hydrogen (secondary N) is 1. The summed E-state index contributed by atoms with van der Waals surface area (Å²) in [5, 5.41) is 14.0. The molecule has 2 atom stereocenters. The smallest absolute Gasteiger partial charge is 0.345 e. The minimum absolute atomic E-state index is 0.0745. The van der Waals surface area contributed by atoms with Crippen molar-refractivity contribution in [2.24, 2.45) is 5.92 Å². The molecular weight excluding hydrogens is 336 g/mol. The summed E-state index contributed by atoms with van der Waals surface area (Å²) < 4.78 is 4.90. The van der Waals surface area contributed by atoms with Crippen LogP contribution in [0.5, 0.6) is 0 Å². The van der Waals surface area contributed by atoms with E-state index in [-0.39, 0.29) is 16.6 Å². The number of carbonyl (C=O) groups excluding carboxylic acids is 2. The molecule has 1 aromatic carbocycles. The fourth-order valence-electron chi connectivity index (χ4n) is 2.82. The molecule has 8 heteroatoms. The Morgan fingerprint density at radius 1 is 1.38 bits per heavy atom. The lowest BCUT2D eigenvalue weighted by atomic mass is 9.86. The Labute approximate surface area is 144 Å². The SMILES string of the molecule is C[C@H]1CCCC[C@@H]1NC(=O)COC(=O)c1cc(Cl)ccc1[N+](=O)[O-]. The van der Waals surface area contributed by atoms with Crippen LogP contribution in [-0.2, 0) is 9.53 Å². The lowest BCUT2D eigenvalue weighted by molar-refractivity contribution is -0.385. The number of hydrogen-bond acceptors (Lipinski definition) is 5. The number of halogens is 1. The number of carbonyl (C=O) groups is 2. The minimum atomic E-state index is -0.948. The maximum absolute atomic E-state index is 12.0. The van der Waals surface area contributed by atoms with Crippen molar-refractivity contribution in [3.63, 3.8) is 0 Å². The number of hydrogen-bond donors (Lipinski definition) is 1. The molecule has 1 aliphatic carbocycles. The molecule has 7 nitrogen and oxygen atoms in total. The van der Waals surface area contributed by atoms with Crippen LogP contribution in [0.3, 0.4) is 0 Å². The molecule has 0 heterocycles. The van der Waals surface area contributed by atoms with Crippen molar-refractivity contribution in [2.45, 2.75) is 38.6 Å². The highest BCUT2D eigenvalue weighted by Gasteiger charge is 2.25. The van der Waals surface area contributed by atoms with E-state index < -0.39 is 29.1 Å². The fraction of sp³-hybridized carbons (Fsp3) is 0.500. The van der Waals surface area contributed by atoms with Crippen molar-refractivity contribution in [1.82, 2.24) is 5.32 Å². The zero-order valence-electron chi connectivity index (χ0n) is 13.3. The van der Waals surface area contributed by atoms with Gasteiger partial charge in [-0.1, -0.05) is 31.4 Å². The average molecular weight is 355 g/mol. The predicted molar refractivity (Wildman–Crippen MR) is 88.0 cm³/mol. The molecule has 0 radical (unpaired) electrons. The van der Waals surface area contributed by atoms with Gasteiger partial charge in [0.25, 0.3) is 11.6 Å². The Kier molecular flexibility index (Phi) is 6.14. The molecular formula is C16H19ClN2O5. The largest absolute Gasteiger partial charge is 0.452 e. The Hall–Kier alpha value is -2.15. The second-order valence-corrected chi connectivity index (χ2v) is 6.37. The first-order valence-corrected chi connectivity index (χ1v) is 8.16. The first kappa shape index (κ1) is 18.2. The predicted octanol–water partition coefficient (Wildman–Crippen LogP) is 3.10. The topological polar surface area (TPSA) is 98.5 Å². The number of rotatable bonds is 5. The van der Waals surface area contributed by atoms with Crippen molar-refractivity contribution >= 4 is 29.2 Å². The van der Waals surface area contributed by atoms with Crippen molar-refractivity contribution < 1.29 is 19.2 Å². The van der Waals surface area contributed by atoms with Gasteiger partial charge in [-0.15, -0.1) is 0 Å². The highest BCUT2D eigenvalue weighted by atomic mass is 35.5. The van der Waals surface area contributed by atoms with Crippen LogP contribution in [0.25, 0.3) is 0 Å².